The zero-order chi connectivity index (χ0) is 18.9. The summed E-state index contributed by atoms with van der Waals surface area (Å²) in [7, 11) is 0. The third-order valence-corrected chi connectivity index (χ3v) is 3.98. The molecule has 0 spiro atoms. The Morgan fingerprint density at radius 2 is 1.17 bits per heavy atom. The zero-order valence-corrected chi connectivity index (χ0v) is 16.4. The molecule has 4 heteroatoms. The Morgan fingerprint density at radius 3 is 1.54 bits per heavy atom. The third kappa shape index (κ3) is 4.83. The summed E-state index contributed by atoms with van der Waals surface area (Å²) in [5.41, 5.74) is 1.09. The highest BCUT2D eigenvalue weighted by Crippen LogP contribution is 2.38. The fourth-order valence-corrected chi connectivity index (χ4v) is 2.86. The summed E-state index contributed by atoms with van der Waals surface area (Å²) in [5, 5.41) is 0. The summed E-state index contributed by atoms with van der Waals surface area (Å²) in [6.45, 7) is 16.6. The van der Waals surface area contributed by atoms with E-state index in [1.165, 1.54) is 13.8 Å². The molecule has 0 aromatic heterocycles. The molecule has 24 heavy (non-hydrogen) atoms. The second kappa shape index (κ2) is 6.58. The molecule has 4 nitrogen and oxygen atoms in total. The van der Waals surface area contributed by atoms with Gasteiger partial charge in [0, 0.05) is 25.0 Å². The Hall–Kier alpha value is -1.84. The van der Waals surface area contributed by atoms with Crippen molar-refractivity contribution in [3.05, 3.63) is 34.9 Å². The molecule has 0 saturated carbocycles. The van der Waals surface area contributed by atoms with Gasteiger partial charge in [-0.15, -0.1) is 0 Å². The molecule has 0 aliphatic rings. The highest BCUT2D eigenvalue weighted by Gasteiger charge is 2.35. The van der Waals surface area contributed by atoms with E-state index in [1.54, 1.807) is 0 Å². The molecule has 1 aromatic rings. The Balaban J connectivity index is 3.60. The first-order chi connectivity index (χ1) is 10.7. The van der Waals surface area contributed by atoms with Gasteiger partial charge < -0.3 is 9.47 Å². The van der Waals surface area contributed by atoms with Crippen molar-refractivity contribution < 1.29 is 19.1 Å². The van der Waals surface area contributed by atoms with E-state index < -0.39 is 11.2 Å². The molecule has 0 unspecified atom stereocenters. The van der Waals surface area contributed by atoms with Crippen LogP contribution in [0, 0.1) is 0 Å². The van der Waals surface area contributed by atoms with Crippen molar-refractivity contribution in [1.29, 1.82) is 0 Å². The van der Waals surface area contributed by atoms with Crippen molar-refractivity contribution in [2.45, 2.75) is 78.9 Å². The number of benzene rings is 1. The van der Waals surface area contributed by atoms with Gasteiger partial charge in [0.2, 0.25) is 0 Å². The molecule has 0 fully saturated rings. The predicted molar refractivity (Wildman–Crippen MR) is 94.7 cm³/mol. The first kappa shape index (κ1) is 20.2. The highest BCUT2D eigenvalue weighted by molar-refractivity contribution is 5.68. The van der Waals surface area contributed by atoms with Crippen LogP contribution in [-0.4, -0.2) is 11.9 Å². The Kier molecular flexibility index (Phi) is 5.54. The smallest absolute Gasteiger partial charge is 0.303 e. The van der Waals surface area contributed by atoms with Crippen molar-refractivity contribution in [3.8, 4) is 0 Å². The minimum atomic E-state index is -0.833. The van der Waals surface area contributed by atoms with Crippen LogP contribution in [0.15, 0.2) is 18.2 Å². The second-order valence-corrected chi connectivity index (χ2v) is 8.22. The van der Waals surface area contributed by atoms with Gasteiger partial charge in [-0.25, -0.2) is 0 Å². The lowest BCUT2D eigenvalue weighted by atomic mass is 9.79. The number of carbonyl (C=O) groups is 2. The van der Waals surface area contributed by atoms with E-state index in [9.17, 15) is 9.59 Å². The average Bonchev–Trinajstić information content (AvgIpc) is 2.33. The van der Waals surface area contributed by atoms with E-state index in [0.717, 1.165) is 16.7 Å². The molecule has 0 N–H and O–H groups in total. The molecule has 134 valence electrons. The van der Waals surface area contributed by atoms with Crippen LogP contribution in [0.3, 0.4) is 0 Å². The van der Waals surface area contributed by atoms with Crippen molar-refractivity contribution in [1.82, 2.24) is 0 Å². The molecular weight excluding hydrogens is 304 g/mol. The summed E-state index contributed by atoms with van der Waals surface area (Å²) in [6, 6.07) is 6.04. The molecule has 0 radical (unpaired) electrons. The number of hydrogen-bond acceptors (Lipinski definition) is 4. The minimum absolute atomic E-state index is 0.0504. The van der Waals surface area contributed by atoms with Gasteiger partial charge in [0.05, 0.1) is 0 Å². The van der Waals surface area contributed by atoms with E-state index in [0.29, 0.717) is 0 Å². The Morgan fingerprint density at radius 1 is 0.750 bits per heavy atom. The van der Waals surface area contributed by atoms with Crippen LogP contribution >= 0.6 is 0 Å². The van der Waals surface area contributed by atoms with Crippen LogP contribution < -0.4 is 0 Å². The first-order valence-electron chi connectivity index (χ1n) is 8.21. The van der Waals surface area contributed by atoms with Gasteiger partial charge in [-0.2, -0.15) is 0 Å². The lowest BCUT2D eigenvalue weighted by Gasteiger charge is -2.35. The van der Waals surface area contributed by atoms with Crippen molar-refractivity contribution in [2.75, 3.05) is 0 Å². The van der Waals surface area contributed by atoms with Crippen molar-refractivity contribution in [3.63, 3.8) is 0 Å². The molecule has 0 bridgehead atoms. The maximum Gasteiger partial charge on any atom is 0.303 e. The van der Waals surface area contributed by atoms with Crippen LogP contribution in [0.2, 0.25) is 0 Å². The lowest BCUT2D eigenvalue weighted by molar-refractivity contribution is -0.158. The SMILES string of the molecule is CC(=O)OC(C)(C)c1ccc(C(C)(C)C)cc1C(C)(C)OC(C)=O. The molecule has 0 aliphatic carbocycles. The first-order valence-corrected chi connectivity index (χ1v) is 8.21. The molecular formula is C20H30O4. The van der Waals surface area contributed by atoms with Gasteiger partial charge in [0.15, 0.2) is 0 Å². The van der Waals surface area contributed by atoms with Gasteiger partial charge in [-0.1, -0.05) is 39.0 Å². The fraction of sp³-hybridized carbons (Fsp3) is 0.600. The van der Waals surface area contributed by atoms with Gasteiger partial charge >= 0.3 is 11.9 Å². The quantitative estimate of drug-likeness (QED) is 0.756. The molecule has 0 heterocycles. The zero-order valence-electron chi connectivity index (χ0n) is 16.4. The molecule has 0 saturated heterocycles. The number of esters is 2. The average molecular weight is 334 g/mol. The normalized spacial score (nSPS) is 12.7. The summed E-state index contributed by atoms with van der Waals surface area (Å²) < 4.78 is 11.1. The van der Waals surface area contributed by atoms with E-state index in [-0.39, 0.29) is 17.4 Å². The van der Waals surface area contributed by atoms with Crippen molar-refractivity contribution in [2.24, 2.45) is 0 Å². The van der Waals surface area contributed by atoms with Gasteiger partial charge in [0.25, 0.3) is 0 Å². The predicted octanol–water partition coefficient (Wildman–Crippen LogP) is 4.58. The van der Waals surface area contributed by atoms with E-state index >= 15 is 0 Å². The standard InChI is InChI=1S/C20H30O4/c1-13(21)23-19(6,7)16-11-10-15(18(3,4)5)12-17(16)20(8,9)24-14(2)22/h10-12H,1-9H3. The largest absolute Gasteiger partial charge is 0.455 e. The number of carbonyl (C=O) groups excluding carboxylic acids is 2. The number of rotatable bonds is 4. The molecule has 1 aromatic carbocycles. The molecule has 1 rings (SSSR count). The summed E-state index contributed by atoms with van der Waals surface area (Å²) in [5.74, 6) is -0.700. The van der Waals surface area contributed by atoms with Crippen LogP contribution in [-0.2, 0) is 35.7 Å². The molecule has 0 aliphatic heterocycles. The van der Waals surface area contributed by atoms with E-state index in [1.807, 2.05) is 45.9 Å². The van der Waals surface area contributed by atoms with Gasteiger partial charge in [-0.05, 0) is 38.7 Å². The van der Waals surface area contributed by atoms with Crippen molar-refractivity contribution >= 4 is 11.9 Å². The van der Waals surface area contributed by atoms with Crippen LogP contribution in [0.25, 0.3) is 0 Å². The maximum atomic E-state index is 11.5. The van der Waals surface area contributed by atoms with Crippen LogP contribution in [0.1, 0.15) is 79.0 Å². The second-order valence-electron chi connectivity index (χ2n) is 8.22. The third-order valence-electron chi connectivity index (χ3n) is 3.98. The number of ether oxygens (including phenoxy) is 2. The fourth-order valence-electron chi connectivity index (χ4n) is 2.86. The van der Waals surface area contributed by atoms with E-state index in [4.69, 9.17) is 9.47 Å². The summed E-state index contributed by atoms with van der Waals surface area (Å²) >= 11 is 0. The number of hydrogen-bond donors (Lipinski definition) is 0. The van der Waals surface area contributed by atoms with Gasteiger partial charge in [-0.3, -0.25) is 9.59 Å². The lowest BCUT2D eigenvalue weighted by Crippen LogP contribution is -2.33. The molecule has 0 amide bonds. The summed E-state index contributed by atoms with van der Waals surface area (Å²) in [6.07, 6.45) is 0. The monoisotopic (exact) mass is 334 g/mol. The van der Waals surface area contributed by atoms with Gasteiger partial charge in [0.1, 0.15) is 11.2 Å². The van der Waals surface area contributed by atoms with Crippen LogP contribution in [0.4, 0.5) is 0 Å². The maximum absolute atomic E-state index is 11.5. The topological polar surface area (TPSA) is 52.6 Å². The van der Waals surface area contributed by atoms with Crippen LogP contribution in [0.5, 0.6) is 0 Å². The summed E-state index contributed by atoms with van der Waals surface area (Å²) in [4.78, 5) is 23.0. The Bertz CT molecular complexity index is 634. The van der Waals surface area contributed by atoms with E-state index in [2.05, 4.69) is 20.8 Å². The highest BCUT2D eigenvalue weighted by atomic mass is 16.6. The Labute approximate surface area is 145 Å². The minimum Gasteiger partial charge on any atom is -0.455 e. The molecule has 0 atom stereocenters.